The van der Waals surface area contributed by atoms with Gasteiger partial charge in [-0.25, -0.2) is 8.42 Å². The van der Waals surface area contributed by atoms with Gasteiger partial charge >= 0.3 is 0 Å². The zero-order valence-electron chi connectivity index (χ0n) is 16.7. The number of rotatable bonds is 7. The molecule has 0 unspecified atom stereocenters. The Kier molecular flexibility index (Phi) is 7.32. The highest BCUT2D eigenvalue weighted by Gasteiger charge is 2.29. The van der Waals surface area contributed by atoms with Gasteiger partial charge in [0.15, 0.2) is 0 Å². The average molecular weight is 457 g/mol. The lowest BCUT2D eigenvalue weighted by molar-refractivity contribution is 0.308. The third kappa shape index (κ3) is 5.18. The van der Waals surface area contributed by atoms with Crippen LogP contribution >= 0.6 is 23.2 Å². The monoisotopic (exact) mass is 456 g/mol. The number of hydrogen-bond donors (Lipinski definition) is 0. The number of aryl methyl sites for hydroxylation is 1. The van der Waals surface area contributed by atoms with Crippen molar-refractivity contribution in [1.29, 1.82) is 0 Å². The van der Waals surface area contributed by atoms with Crippen molar-refractivity contribution in [2.24, 2.45) is 0 Å². The molecule has 0 saturated carbocycles. The highest BCUT2D eigenvalue weighted by atomic mass is 35.5. The van der Waals surface area contributed by atoms with Crippen LogP contribution in [0.5, 0.6) is 5.75 Å². The number of nitrogens with zero attached hydrogens (tertiary/aromatic N) is 2. The second-order valence-corrected chi connectivity index (χ2v) is 9.87. The minimum absolute atomic E-state index is 0.209. The van der Waals surface area contributed by atoms with E-state index in [1.54, 1.807) is 6.07 Å². The molecule has 1 fully saturated rings. The molecule has 8 heteroatoms. The van der Waals surface area contributed by atoms with Crippen molar-refractivity contribution >= 4 is 38.9 Å². The lowest BCUT2D eigenvalue weighted by Crippen LogP contribution is -2.48. The van der Waals surface area contributed by atoms with Gasteiger partial charge in [-0.15, -0.1) is 0 Å². The van der Waals surface area contributed by atoms with Crippen LogP contribution in [0.1, 0.15) is 25.3 Å². The van der Waals surface area contributed by atoms with Crippen LogP contribution in [-0.2, 0) is 10.0 Å². The number of halogens is 2. The Hall–Kier alpha value is -1.47. The molecule has 0 spiro atoms. The second-order valence-electron chi connectivity index (χ2n) is 7.12. The molecule has 0 aliphatic carbocycles. The summed E-state index contributed by atoms with van der Waals surface area (Å²) in [7, 11) is -3.61. The summed E-state index contributed by atoms with van der Waals surface area (Å²) in [5.74, 6) is 0.411. The summed E-state index contributed by atoms with van der Waals surface area (Å²) in [6.07, 6.45) is 1.88. The number of hydrogen-bond acceptors (Lipinski definition) is 4. The number of anilines is 1. The van der Waals surface area contributed by atoms with Crippen molar-refractivity contribution in [1.82, 2.24) is 4.31 Å². The zero-order valence-corrected chi connectivity index (χ0v) is 19.0. The Morgan fingerprint density at radius 3 is 2.38 bits per heavy atom. The highest BCUT2D eigenvalue weighted by molar-refractivity contribution is 7.89. The SMILES string of the molecule is CCCCOc1cc(S(=O)(=O)N2CCN(c3ccc(C)c(Cl)c3)CC2)ccc1Cl. The number of unbranched alkanes of at least 4 members (excludes halogenated alkanes) is 1. The third-order valence-electron chi connectivity index (χ3n) is 5.06. The first-order valence-corrected chi connectivity index (χ1v) is 12.0. The van der Waals surface area contributed by atoms with Gasteiger partial charge in [0.05, 0.1) is 16.5 Å². The molecule has 3 rings (SSSR count). The van der Waals surface area contributed by atoms with Crippen molar-refractivity contribution in [2.45, 2.75) is 31.6 Å². The van der Waals surface area contributed by atoms with Gasteiger partial charge in [0, 0.05) is 43.0 Å². The summed E-state index contributed by atoms with van der Waals surface area (Å²) in [4.78, 5) is 2.36. The standard InChI is InChI=1S/C21H26Cl2N2O3S/c1-3-4-13-28-21-15-18(7-8-19(21)22)29(26,27)25-11-9-24(10-12-25)17-6-5-16(2)20(23)14-17/h5-8,14-15H,3-4,9-13H2,1-2H3. The molecule has 0 N–H and O–H groups in total. The average Bonchev–Trinajstić information content (AvgIpc) is 2.71. The van der Waals surface area contributed by atoms with E-state index < -0.39 is 10.0 Å². The number of benzene rings is 2. The minimum Gasteiger partial charge on any atom is -0.492 e. The normalized spacial score (nSPS) is 15.5. The molecule has 0 bridgehead atoms. The molecule has 1 heterocycles. The van der Waals surface area contributed by atoms with Crippen molar-refractivity contribution in [3.8, 4) is 5.75 Å². The molecular weight excluding hydrogens is 431 g/mol. The van der Waals surface area contributed by atoms with E-state index in [9.17, 15) is 8.42 Å². The first-order valence-electron chi connectivity index (χ1n) is 9.76. The molecule has 29 heavy (non-hydrogen) atoms. The predicted molar refractivity (Wildman–Crippen MR) is 119 cm³/mol. The third-order valence-corrected chi connectivity index (χ3v) is 7.67. The van der Waals surface area contributed by atoms with Crippen LogP contribution < -0.4 is 9.64 Å². The van der Waals surface area contributed by atoms with Crippen LogP contribution in [0.15, 0.2) is 41.3 Å². The van der Waals surface area contributed by atoms with Crippen LogP contribution in [0, 0.1) is 6.92 Å². The van der Waals surface area contributed by atoms with E-state index in [-0.39, 0.29) is 4.90 Å². The summed E-state index contributed by atoms with van der Waals surface area (Å²) >= 11 is 12.4. The maximum Gasteiger partial charge on any atom is 0.243 e. The molecule has 1 saturated heterocycles. The Balaban J connectivity index is 1.71. The van der Waals surface area contributed by atoms with E-state index in [0.29, 0.717) is 48.6 Å². The number of sulfonamides is 1. The quantitative estimate of drug-likeness (QED) is 0.550. The Bertz CT molecular complexity index is 958. The van der Waals surface area contributed by atoms with Gasteiger partial charge in [-0.3, -0.25) is 0 Å². The molecule has 0 radical (unpaired) electrons. The molecule has 158 valence electrons. The van der Waals surface area contributed by atoms with E-state index in [2.05, 4.69) is 11.8 Å². The number of ether oxygens (including phenoxy) is 1. The van der Waals surface area contributed by atoms with Crippen molar-refractivity contribution < 1.29 is 13.2 Å². The van der Waals surface area contributed by atoms with Gasteiger partial charge in [0.1, 0.15) is 5.75 Å². The van der Waals surface area contributed by atoms with E-state index >= 15 is 0 Å². The molecule has 0 atom stereocenters. The van der Waals surface area contributed by atoms with E-state index in [1.165, 1.54) is 16.4 Å². The van der Waals surface area contributed by atoms with Crippen molar-refractivity contribution in [3.05, 3.63) is 52.0 Å². The summed E-state index contributed by atoms with van der Waals surface area (Å²) in [6.45, 7) is 6.56. The van der Waals surface area contributed by atoms with E-state index in [4.69, 9.17) is 27.9 Å². The maximum atomic E-state index is 13.1. The predicted octanol–water partition coefficient (Wildman–Crippen LogP) is 4.99. The molecule has 1 aliphatic heterocycles. The van der Waals surface area contributed by atoms with Crippen LogP contribution in [0.25, 0.3) is 0 Å². The molecule has 0 amide bonds. The van der Waals surface area contributed by atoms with Crippen molar-refractivity contribution in [3.63, 3.8) is 0 Å². The van der Waals surface area contributed by atoms with Gasteiger partial charge in [-0.2, -0.15) is 4.31 Å². The van der Waals surface area contributed by atoms with Crippen LogP contribution in [-0.4, -0.2) is 45.5 Å². The van der Waals surface area contributed by atoms with Crippen molar-refractivity contribution in [2.75, 3.05) is 37.7 Å². The fraction of sp³-hybridized carbons (Fsp3) is 0.429. The molecule has 5 nitrogen and oxygen atoms in total. The largest absolute Gasteiger partial charge is 0.492 e. The Morgan fingerprint density at radius 2 is 1.72 bits per heavy atom. The lowest BCUT2D eigenvalue weighted by Gasteiger charge is -2.35. The van der Waals surface area contributed by atoms with E-state index in [1.807, 2.05) is 25.1 Å². The molecule has 2 aromatic rings. The van der Waals surface area contributed by atoms with E-state index in [0.717, 1.165) is 24.1 Å². The smallest absolute Gasteiger partial charge is 0.243 e. The van der Waals surface area contributed by atoms with Crippen LogP contribution in [0.4, 0.5) is 5.69 Å². The summed E-state index contributed by atoms with van der Waals surface area (Å²) in [5.41, 5.74) is 2.03. The first-order chi connectivity index (χ1) is 13.8. The summed E-state index contributed by atoms with van der Waals surface area (Å²) < 4.78 is 33.4. The van der Waals surface area contributed by atoms with Gasteiger partial charge in [-0.05, 0) is 43.2 Å². The minimum atomic E-state index is -3.61. The number of piperazine rings is 1. The molecule has 2 aromatic carbocycles. The van der Waals surface area contributed by atoms with Gasteiger partial charge in [0.25, 0.3) is 0 Å². The van der Waals surface area contributed by atoms with Gasteiger partial charge in [-0.1, -0.05) is 42.6 Å². The summed E-state index contributed by atoms with van der Waals surface area (Å²) in [5, 5.41) is 1.13. The Morgan fingerprint density at radius 1 is 1.00 bits per heavy atom. The topological polar surface area (TPSA) is 49.9 Å². The fourth-order valence-corrected chi connectivity index (χ4v) is 4.98. The molecule has 0 aromatic heterocycles. The molecule has 1 aliphatic rings. The second kappa shape index (κ2) is 9.56. The van der Waals surface area contributed by atoms with Gasteiger partial charge < -0.3 is 9.64 Å². The zero-order chi connectivity index (χ0) is 21.0. The lowest BCUT2D eigenvalue weighted by atomic mass is 10.2. The van der Waals surface area contributed by atoms with Crippen LogP contribution in [0.3, 0.4) is 0 Å². The maximum absolute atomic E-state index is 13.1. The highest BCUT2D eigenvalue weighted by Crippen LogP contribution is 2.30. The Labute approximate surface area is 183 Å². The fourth-order valence-electron chi connectivity index (χ4n) is 3.20. The summed E-state index contributed by atoms with van der Waals surface area (Å²) in [6, 6.07) is 10.6. The molecular formula is C21H26Cl2N2O3S. The van der Waals surface area contributed by atoms with Crippen LogP contribution in [0.2, 0.25) is 10.0 Å². The first kappa shape index (κ1) is 22.2. The van der Waals surface area contributed by atoms with Gasteiger partial charge in [0.2, 0.25) is 10.0 Å².